The third-order valence-corrected chi connectivity index (χ3v) is 4.39. The van der Waals surface area contributed by atoms with Crippen LogP contribution in [-0.4, -0.2) is 22.5 Å². The van der Waals surface area contributed by atoms with Gasteiger partial charge in [-0.25, -0.2) is 4.98 Å². The number of thiazole rings is 1. The molecule has 15 heavy (non-hydrogen) atoms. The number of aromatic nitrogens is 1. The summed E-state index contributed by atoms with van der Waals surface area (Å²) in [5.41, 5.74) is 0. The minimum absolute atomic E-state index is 0.585. The predicted molar refractivity (Wildman–Crippen MR) is 70.8 cm³/mol. The van der Waals surface area contributed by atoms with Gasteiger partial charge in [-0.1, -0.05) is 13.8 Å². The molecule has 0 aliphatic rings. The summed E-state index contributed by atoms with van der Waals surface area (Å²) in [6.07, 6.45) is 3.04. The molecule has 1 N–H and O–H groups in total. The summed E-state index contributed by atoms with van der Waals surface area (Å²) < 4.78 is 0. The monoisotopic (exact) mass is 244 g/mol. The molecule has 2 nitrogen and oxygen atoms in total. The minimum Gasteiger partial charge on any atom is -0.309 e. The van der Waals surface area contributed by atoms with Gasteiger partial charge in [-0.2, -0.15) is 11.8 Å². The first kappa shape index (κ1) is 13.0. The Bertz CT molecular complexity index is 273. The molecule has 0 saturated heterocycles. The van der Waals surface area contributed by atoms with E-state index in [9.17, 15) is 0 Å². The lowest BCUT2D eigenvalue weighted by Gasteiger charge is -2.11. The Balaban J connectivity index is 2.24. The zero-order valence-corrected chi connectivity index (χ0v) is 11.4. The smallest absolute Gasteiger partial charge is 0.0925 e. The molecular formula is C11H20N2S2. The van der Waals surface area contributed by atoms with Crippen molar-refractivity contribution in [3.8, 4) is 0 Å². The molecule has 0 aromatic carbocycles. The Kier molecular flexibility index (Phi) is 6.29. The van der Waals surface area contributed by atoms with Crippen LogP contribution in [0.15, 0.2) is 6.20 Å². The van der Waals surface area contributed by atoms with Crippen LogP contribution in [-0.2, 0) is 13.0 Å². The Hall–Kier alpha value is -0.0600. The average Bonchev–Trinajstić information content (AvgIpc) is 2.71. The molecule has 1 unspecified atom stereocenters. The lowest BCUT2D eigenvalue weighted by atomic mass is 10.4. The number of thioether (sulfide) groups is 1. The Morgan fingerprint density at radius 2 is 2.33 bits per heavy atom. The van der Waals surface area contributed by atoms with E-state index in [0.717, 1.165) is 13.0 Å². The molecule has 4 heteroatoms. The molecule has 86 valence electrons. The summed E-state index contributed by atoms with van der Waals surface area (Å²) in [6.45, 7) is 7.55. The molecule has 0 amide bonds. The highest BCUT2D eigenvalue weighted by Gasteiger charge is 2.03. The highest BCUT2D eigenvalue weighted by molar-refractivity contribution is 7.99. The van der Waals surface area contributed by atoms with Crippen molar-refractivity contribution >= 4 is 23.1 Å². The van der Waals surface area contributed by atoms with E-state index in [1.54, 1.807) is 0 Å². The number of nitrogens with one attached hydrogen (secondary N) is 1. The fourth-order valence-corrected chi connectivity index (χ4v) is 2.74. The van der Waals surface area contributed by atoms with Crippen molar-refractivity contribution in [1.82, 2.24) is 10.3 Å². The average molecular weight is 244 g/mol. The third kappa shape index (κ3) is 5.00. The fourth-order valence-electron chi connectivity index (χ4n) is 1.22. The van der Waals surface area contributed by atoms with Gasteiger partial charge in [0.25, 0.3) is 0 Å². The first-order valence-electron chi connectivity index (χ1n) is 5.51. The summed E-state index contributed by atoms with van der Waals surface area (Å²) in [5.74, 6) is 2.39. The van der Waals surface area contributed by atoms with Gasteiger partial charge in [0.2, 0.25) is 0 Å². The first-order valence-corrected chi connectivity index (χ1v) is 7.48. The highest BCUT2D eigenvalue weighted by atomic mass is 32.2. The van der Waals surface area contributed by atoms with Crippen LogP contribution in [0.4, 0.5) is 0 Å². The maximum Gasteiger partial charge on any atom is 0.0925 e. The van der Waals surface area contributed by atoms with E-state index in [-0.39, 0.29) is 0 Å². The molecular weight excluding hydrogens is 224 g/mol. The van der Waals surface area contributed by atoms with E-state index in [4.69, 9.17) is 0 Å². The van der Waals surface area contributed by atoms with Crippen molar-refractivity contribution in [1.29, 1.82) is 0 Å². The van der Waals surface area contributed by atoms with Crippen molar-refractivity contribution in [2.45, 2.75) is 39.8 Å². The summed E-state index contributed by atoms with van der Waals surface area (Å²) in [4.78, 5) is 5.70. The maximum absolute atomic E-state index is 4.35. The zero-order valence-electron chi connectivity index (χ0n) is 9.75. The van der Waals surface area contributed by atoms with Crippen LogP contribution < -0.4 is 5.32 Å². The predicted octanol–water partition coefficient (Wildman–Crippen LogP) is 2.94. The van der Waals surface area contributed by atoms with Gasteiger partial charge >= 0.3 is 0 Å². The molecule has 0 fully saturated rings. The van der Waals surface area contributed by atoms with Gasteiger partial charge < -0.3 is 5.32 Å². The van der Waals surface area contributed by atoms with Crippen LogP contribution >= 0.6 is 23.1 Å². The lowest BCUT2D eigenvalue weighted by molar-refractivity contribution is 0.600. The standard InChI is InChI=1S/C11H20N2S2/c1-4-11-13-7-10(15-11)6-12-9(3)8-14-5-2/h7,9,12H,4-6,8H2,1-3H3. The first-order chi connectivity index (χ1) is 7.26. The van der Waals surface area contributed by atoms with Gasteiger partial charge in [0.15, 0.2) is 0 Å². The van der Waals surface area contributed by atoms with Crippen LogP contribution in [0.1, 0.15) is 30.7 Å². The third-order valence-electron chi connectivity index (χ3n) is 2.10. The molecule has 0 saturated carbocycles. The summed E-state index contributed by atoms with van der Waals surface area (Å²) in [5, 5.41) is 4.76. The van der Waals surface area contributed by atoms with E-state index in [1.165, 1.54) is 21.4 Å². The number of aryl methyl sites for hydroxylation is 1. The zero-order chi connectivity index (χ0) is 11.1. The summed E-state index contributed by atoms with van der Waals surface area (Å²) >= 11 is 3.80. The number of hydrogen-bond acceptors (Lipinski definition) is 4. The van der Waals surface area contributed by atoms with E-state index < -0.39 is 0 Å². The molecule has 1 rings (SSSR count). The van der Waals surface area contributed by atoms with Crippen LogP contribution in [0.2, 0.25) is 0 Å². The second kappa shape index (κ2) is 7.25. The van der Waals surface area contributed by atoms with Crippen LogP contribution in [0.5, 0.6) is 0 Å². The molecule has 1 heterocycles. The van der Waals surface area contributed by atoms with Gasteiger partial charge in [-0.15, -0.1) is 11.3 Å². The Labute approximate surface area is 101 Å². The number of nitrogens with zero attached hydrogens (tertiary/aromatic N) is 1. The second-order valence-electron chi connectivity index (χ2n) is 3.52. The molecule has 0 radical (unpaired) electrons. The largest absolute Gasteiger partial charge is 0.309 e. The normalized spacial score (nSPS) is 13.0. The van der Waals surface area contributed by atoms with Gasteiger partial charge in [0.05, 0.1) is 5.01 Å². The number of hydrogen-bond donors (Lipinski definition) is 1. The lowest BCUT2D eigenvalue weighted by Crippen LogP contribution is -2.27. The van der Waals surface area contributed by atoms with Crippen LogP contribution in [0.3, 0.4) is 0 Å². The molecule has 0 spiro atoms. The van der Waals surface area contributed by atoms with Gasteiger partial charge in [0, 0.05) is 29.4 Å². The van der Waals surface area contributed by atoms with Gasteiger partial charge in [-0.3, -0.25) is 0 Å². The van der Waals surface area contributed by atoms with E-state index >= 15 is 0 Å². The molecule has 1 aromatic rings. The van der Waals surface area contributed by atoms with Crippen molar-refractivity contribution < 1.29 is 0 Å². The highest BCUT2D eigenvalue weighted by Crippen LogP contribution is 2.13. The van der Waals surface area contributed by atoms with Crippen molar-refractivity contribution in [2.75, 3.05) is 11.5 Å². The SMILES string of the molecule is CCSCC(C)NCc1cnc(CC)s1. The van der Waals surface area contributed by atoms with E-state index in [2.05, 4.69) is 31.1 Å². The molecule has 1 aromatic heterocycles. The topological polar surface area (TPSA) is 24.9 Å². The minimum atomic E-state index is 0.585. The van der Waals surface area contributed by atoms with Crippen LogP contribution in [0.25, 0.3) is 0 Å². The molecule has 0 aliphatic carbocycles. The molecule has 0 bridgehead atoms. The fraction of sp³-hybridized carbons (Fsp3) is 0.727. The summed E-state index contributed by atoms with van der Waals surface area (Å²) in [6, 6.07) is 0.585. The Morgan fingerprint density at radius 1 is 1.53 bits per heavy atom. The molecule has 0 aliphatic heterocycles. The van der Waals surface area contributed by atoms with Crippen molar-refractivity contribution in [3.05, 3.63) is 16.1 Å². The van der Waals surface area contributed by atoms with Crippen molar-refractivity contribution in [3.63, 3.8) is 0 Å². The maximum atomic E-state index is 4.35. The van der Waals surface area contributed by atoms with Gasteiger partial charge in [-0.05, 0) is 19.1 Å². The number of rotatable bonds is 7. The Morgan fingerprint density at radius 3 is 2.93 bits per heavy atom. The van der Waals surface area contributed by atoms with Crippen molar-refractivity contribution in [2.24, 2.45) is 0 Å². The quantitative estimate of drug-likeness (QED) is 0.798. The van der Waals surface area contributed by atoms with Crippen LogP contribution in [0, 0.1) is 0 Å². The molecule has 1 atom stereocenters. The van der Waals surface area contributed by atoms with E-state index in [1.807, 2.05) is 29.3 Å². The second-order valence-corrected chi connectivity index (χ2v) is 6.03. The summed E-state index contributed by atoms with van der Waals surface area (Å²) in [7, 11) is 0. The van der Waals surface area contributed by atoms with E-state index in [0.29, 0.717) is 6.04 Å². The van der Waals surface area contributed by atoms with Gasteiger partial charge in [0.1, 0.15) is 0 Å².